The zero-order valence-electron chi connectivity index (χ0n) is 12.7. The molecular formula is C13H15N5O3S2. The minimum absolute atomic E-state index is 0.0826. The van der Waals surface area contributed by atoms with Crippen molar-refractivity contribution in [1.82, 2.24) is 23.6 Å². The fourth-order valence-electron chi connectivity index (χ4n) is 2.00. The summed E-state index contributed by atoms with van der Waals surface area (Å²) in [6.45, 7) is 5.51. The molecule has 1 N–H and O–H groups in total. The average molecular weight is 353 g/mol. The van der Waals surface area contributed by atoms with Gasteiger partial charge in [0.15, 0.2) is 5.82 Å². The number of fused-ring (bicyclic) bond motifs is 1. The zero-order chi connectivity index (χ0) is 16.6. The van der Waals surface area contributed by atoms with Crippen LogP contribution in [0.5, 0.6) is 0 Å². The van der Waals surface area contributed by atoms with Gasteiger partial charge < -0.3 is 4.52 Å². The molecule has 0 radical (unpaired) electrons. The van der Waals surface area contributed by atoms with Crippen LogP contribution >= 0.6 is 11.7 Å². The lowest BCUT2D eigenvalue weighted by molar-refractivity contribution is 0.348. The van der Waals surface area contributed by atoms with Gasteiger partial charge in [-0.15, -0.1) is 0 Å². The molecule has 2 heterocycles. The van der Waals surface area contributed by atoms with E-state index < -0.39 is 16.1 Å². The lowest BCUT2D eigenvalue weighted by atomic mass is 10.2. The van der Waals surface area contributed by atoms with Gasteiger partial charge in [0.1, 0.15) is 15.9 Å². The normalized spacial score (nSPS) is 13.7. The second-order valence-electron chi connectivity index (χ2n) is 5.38. The Bertz CT molecular complexity index is 932. The molecule has 0 bridgehead atoms. The Morgan fingerprint density at radius 1 is 1.22 bits per heavy atom. The van der Waals surface area contributed by atoms with E-state index in [1.165, 1.54) is 6.07 Å². The summed E-state index contributed by atoms with van der Waals surface area (Å²) < 4.78 is 41.0. The predicted molar refractivity (Wildman–Crippen MR) is 84.5 cm³/mol. The summed E-state index contributed by atoms with van der Waals surface area (Å²) in [6.07, 6.45) is 0. The van der Waals surface area contributed by atoms with Crippen LogP contribution in [0.4, 0.5) is 0 Å². The summed E-state index contributed by atoms with van der Waals surface area (Å²) in [5.41, 5.74) is 0.899. The van der Waals surface area contributed by atoms with Gasteiger partial charge in [-0.2, -0.15) is 18.5 Å². The monoisotopic (exact) mass is 353 g/mol. The number of aromatic nitrogens is 4. The van der Waals surface area contributed by atoms with Crippen molar-refractivity contribution in [3.8, 4) is 0 Å². The Labute approximate surface area is 137 Å². The van der Waals surface area contributed by atoms with E-state index in [-0.39, 0.29) is 16.7 Å². The summed E-state index contributed by atoms with van der Waals surface area (Å²) in [4.78, 5) is 4.29. The van der Waals surface area contributed by atoms with Crippen LogP contribution in [-0.2, 0) is 10.0 Å². The van der Waals surface area contributed by atoms with Crippen LogP contribution in [0.25, 0.3) is 11.0 Å². The van der Waals surface area contributed by atoms with Crippen molar-refractivity contribution in [2.24, 2.45) is 0 Å². The van der Waals surface area contributed by atoms with Gasteiger partial charge in [-0.1, -0.05) is 25.1 Å². The molecule has 3 rings (SSSR count). The van der Waals surface area contributed by atoms with Crippen molar-refractivity contribution in [3.05, 3.63) is 29.9 Å². The van der Waals surface area contributed by atoms with E-state index in [2.05, 4.69) is 23.6 Å². The Hall–Kier alpha value is -1.91. The third kappa shape index (κ3) is 3.09. The first-order chi connectivity index (χ1) is 10.9. The molecule has 23 heavy (non-hydrogen) atoms. The summed E-state index contributed by atoms with van der Waals surface area (Å²) >= 11 is 0.972. The topological polar surface area (TPSA) is 111 Å². The minimum atomic E-state index is -3.79. The molecule has 8 nitrogen and oxygen atoms in total. The maximum Gasteiger partial charge on any atom is 0.244 e. The highest BCUT2D eigenvalue weighted by Crippen LogP contribution is 2.23. The molecule has 0 saturated carbocycles. The van der Waals surface area contributed by atoms with Gasteiger partial charge in [0.25, 0.3) is 0 Å². The fraction of sp³-hybridized carbons (Fsp3) is 0.385. The van der Waals surface area contributed by atoms with E-state index in [0.717, 1.165) is 11.7 Å². The number of rotatable bonds is 5. The van der Waals surface area contributed by atoms with Crippen LogP contribution < -0.4 is 4.72 Å². The molecule has 0 aliphatic heterocycles. The van der Waals surface area contributed by atoms with E-state index in [4.69, 9.17) is 4.52 Å². The molecule has 0 aliphatic rings. The van der Waals surface area contributed by atoms with Crippen molar-refractivity contribution in [3.63, 3.8) is 0 Å². The fourth-order valence-corrected chi connectivity index (χ4v) is 3.97. The molecule has 0 spiro atoms. The zero-order valence-corrected chi connectivity index (χ0v) is 14.3. The van der Waals surface area contributed by atoms with Gasteiger partial charge in [0.05, 0.1) is 17.8 Å². The molecule has 0 unspecified atom stereocenters. The maximum absolute atomic E-state index is 12.6. The Balaban J connectivity index is 1.89. The summed E-state index contributed by atoms with van der Waals surface area (Å²) in [6, 6.07) is 4.19. The molecule has 0 aliphatic carbocycles. The average Bonchev–Trinajstić information content (AvgIpc) is 3.15. The molecule has 0 fully saturated rings. The standard InChI is InChI=1S/C13H15N5O3S2/c1-7(2)12-14-13(21-15-12)8(3)18-23(19,20)10-6-4-5-9-11(10)17-22-16-9/h4-8,18H,1-3H3/t8-/m0/s1. The number of sulfonamides is 1. The molecule has 1 atom stereocenters. The Morgan fingerprint density at radius 2 is 2.00 bits per heavy atom. The maximum atomic E-state index is 12.6. The van der Waals surface area contributed by atoms with Crippen LogP contribution in [0.15, 0.2) is 27.6 Å². The molecule has 0 saturated heterocycles. The Morgan fingerprint density at radius 3 is 2.70 bits per heavy atom. The van der Waals surface area contributed by atoms with Crippen LogP contribution in [0, 0.1) is 0 Å². The molecule has 3 aromatic rings. The van der Waals surface area contributed by atoms with Gasteiger partial charge in [0, 0.05) is 5.92 Å². The van der Waals surface area contributed by atoms with E-state index in [0.29, 0.717) is 16.9 Å². The number of benzene rings is 1. The van der Waals surface area contributed by atoms with E-state index >= 15 is 0 Å². The first-order valence-corrected chi connectivity index (χ1v) is 9.17. The second kappa shape index (κ2) is 5.95. The third-order valence-corrected chi connectivity index (χ3v) is 5.33. The predicted octanol–water partition coefficient (Wildman–Crippen LogP) is 2.24. The first kappa shape index (κ1) is 16.0. The number of nitrogens with one attached hydrogen (secondary N) is 1. The highest BCUT2D eigenvalue weighted by atomic mass is 32.2. The van der Waals surface area contributed by atoms with E-state index in [9.17, 15) is 8.42 Å². The van der Waals surface area contributed by atoms with Crippen LogP contribution in [0.1, 0.15) is 44.4 Å². The lowest BCUT2D eigenvalue weighted by Crippen LogP contribution is -2.27. The largest absolute Gasteiger partial charge is 0.338 e. The van der Waals surface area contributed by atoms with Gasteiger partial charge in [-0.25, -0.2) is 8.42 Å². The molecular weight excluding hydrogens is 338 g/mol. The highest BCUT2D eigenvalue weighted by molar-refractivity contribution is 7.89. The summed E-state index contributed by atoms with van der Waals surface area (Å²) in [7, 11) is -3.79. The minimum Gasteiger partial charge on any atom is -0.338 e. The molecule has 10 heteroatoms. The van der Waals surface area contributed by atoms with Crippen molar-refractivity contribution in [2.45, 2.75) is 37.6 Å². The van der Waals surface area contributed by atoms with Gasteiger partial charge >= 0.3 is 0 Å². The third-order valence-electron chi connectivity index (χ3n) is 3.21. The van der Waals surface area contributed by atoms with Crippen LogP contribution in [0.3, 0.4) is 0 Å². The van der Waals surface area contributed by atoms with Crippen LogP contribution in [0.2, 0.25) is 0 Å². The van der Waals surface area contributed by atoms with Crippen molar-refractivity contribution < 1.29 is 12.9 Å². The number of nitrogens with zero attached hydrogens (tertiary/aromatic N) is 4. The SMILES string of the molecule is CC(C)c1noc([C@H](C)NS(=O)(=O)c2cccc3nsnc23)n1. The van der Waals surface area contributed by atoms with Gasteiger partial charge in [-0.05, 0) is 19.1 Å². The molecule has 2 aromatic heterocycles. The summed E-state index contributed by atoms with van der Waals surface area (Å²) in [5.74, 6) is 0.865. The molecule has 0 amide bonds. The summed E-state index contributed by atoms with van der Waals surface area (Å²) in [5, 5.41) is 3.84. The van der Waals surface area contributed by atoms with Crippen molar-refractivity contribution in [1.29, 1.82) is 0 Å². The smallest absolute Gasteiger partial charge is 0.244 e. The Kier molecular flexibility index (Phi) is 4.13. The molecule has 1 aromatic carbocycles. The van der Waals surface area contributed by atoms with Gasteiger partial charge in [-0.3, -0.25) is 0 Å². The van der Waals surface area contributed by atoms with Gasteiger partial charge in [0.2, 0.25) is 15.9 Å². The van der Waals surface area contributed by atoms with E-state index in [1.807, 2.05) is 13.8 Å². The van der Waals surface area contributed by atoms with Crippen molar-refractivity contribution in [2.75, 3.05) is 0 Å². The molecule has 122 valence electrons. The highest BCUT2D eigenvalue weighted by Gasteiger charge is 2.25. The quantitative estimate of drug-likeness (QED) is 0.748. The lowest BCUT2D eigenvalue weighted by Gasteiger charge is -2.10. The first-order valence-electron chi connectivity index (χ1n) is 6.95. The second-order valence-corrected chi connectivity index (χ2v) is 7.59. The number of hydrogen-bond acceptors (Lipinski definition) is 8. The number of hydrogen-bond donors (Lipinski definition) is 1. The van der Waals surface area contributed by atoms with Crippen LogP contribution in [-0.4, -0.2) is 27.3 Å². The van der Waals surface area contributed by atoms with E-state index in [1.54, 1.807) is 19.1 Å². The van der Waals surface area contributed by atoms with Crippen molar-refractivity contribution >= 4 is 32.8 Å².